The summed E-state index contributed by atoms with van der Waals surface area (Å²) in [4.78, 5) is 18.9. The van der Waals surface area contributed by atoms with Crippen LogP contribution in [-0.4, -0.2) is 73.5 Å². The van der Waals surface area contributed by atoms with Gasteiger partial charge in [0, 0.05) is 38.2 Å². The highest BCUT2D eigenvalue weighted by Crippen LogP contribution is 2.35. The molecule has 0 spiro atoms. The number of hydrogen-bond donors (Lipinski definition) is 0. The van der Waals surface area contributed by atoms with Gasteiger partial charge in [-0.2, -0.15) is 0 Å². The molecule has 1 aromatic carbocycles. The van der Waals surface area contributed by atoms with Crippen molar-refractivity contribution in [1.29, 1.82) is 0 Å². The Labute approximate surface area is 145 Å². The molecule has 0 N–H and O–H groups in total. The monoisotopic (exact) mass is 331 g/mol. The van der Waals surface area contributed by atoms with Crippen LogP contribution in [0.3, 0.4) is 0 Å². The number of carbonyl (C=O) groups is 1. The number of ether oxygens (including phenoxy) is 1. The first-order valence-electron chi connectivity index (χ1n) is 8.93. The van der Waals surface area contributed by atoms with E-state index in [-0.39, 0.29) is 11.9 Å². The third kappa shape index (κ3) is 3.57. The smallest absolute Gasteiger partial charge is 0.219 e. The Morgan fingerprint density at radius 2 is 1.83 bits per heavy atom. The zero-order valence-corrected chi connectivity index (χ0v) is 15.1. The number of carbonyl (C=O) groups excluding carboxylic acids is 1. The van der Waals surface area contributed by atoms with Crippen LogP contribution >= 0.6 is 0 Å². The number of likely N-dealkylation sites (tertiary alicyclic amines) is 1. The Hall–Kier alpha value is -1.59. The molecule has 1 amide bonds. The van der Waals surface area contributed by atoms with Crippen molar-refractivity contribution in [3.63, 3.8) is 0 Å². The predicted molar refractivity (Wildman–Crippen MR) is 95.2 cm³/mol. The molecule has 5 nitrogen and oxygen atoms in total. The van der Waals surface area contributed by atoms with E-state index in [2.05, 4.69) is 29.0 Å². The van der Waals surface area contributed by atoms with Crippen molar-refractivity contribution in [2.75, 3.05) is 46.9 Å². The summed E-state index contributed by atoms with van der Waals surface area (Å²) >= 11 is 0. The normalized spacial score (nSPS) is 24.1. The summed E-state index contributed by atoms with van der Waals surface area (Å²) in [6, 6.07) is 9.05. The molecule has 0 radical (unpaired) electrons. The minimum absolute atomic E-state index is 0.165. The first kappa shape index (κ1) is 17.2. The van der Waals surface area contributed by atoms with Crippen LogP contribution in [0.5, 0.6) is 5.75 Å². The lowest BCUT2D eigenvalue weighted by Crippen LogP contribution is -2.55. The van der Waals surface area contributed by atoms with E-state index < -0.39 is 0 Å². The lowest BCUT2D eigenvalue weighted by Gasteiger charge is -2.47. The van der Waals surface area contributed by atoms with E-state index in [1.165, 1.54) is 18.4 Å². The number of para-hydroxylation sites is 1. The molecular formula is C19H29N3O2. The number of piperidine rings is 1. The molecule has 0 unspecified atom stereocenters. The molecule has 0 bridgehead atoms. The lowest BCUT2D eigenvalue weighted by molar-refractivity contribution is -0.132. The molecule has 2 heterocycles. The fraction of sp³-hybridized carbons (Fsp3) is 0.632. The molecule has 2 saturated heterocycles. The molecule has 2 fully saturated rings. The van der Waals surface area contributed by atoms with E-state index in [1.807, 2.05) is 17.0 Å². The third-order valence-electron chi connectivity index (χ3n) is 5.52. The van der Waals surface area contributed by atoms with E-state index in [9.17, 15) is 4.79 Å². The predicted octanol–water partition coefficient (Wildman–Crippen LogP) is 1.99. The van der Waals surface area contributed by atoms with Crippen LogP contribution in [0, 0.1) is 0 Å². The van der Waals surface area contributed by atoms with Crippen LogP contribution in [0.2, 0.25) is 0 Å². The molecule has 5 heteroatoms. The van der Waals surface area contributed by atoms with Crippen molar-refractivity contribution in [1.82, 2.24) is 14.7 Å². The number of nitrogens with zero attached hydrogens (tertiary/aromatic N) is 3. The van der Waals surface area contributed by atoms with E-state index in [0.29, 0.717) is 6.04 Å². The largest absolute Gasteiger partial charge is 0.496 e. The Kier molecular flexibility index (Phi) is 5.41. The van der Waals surface area contributed by atoms with Crippen LogP contribution in [0.1, 0.15) is 31.4 Å². The van der Waals surface area contributed by atoms with Gasteiger partial charge in [0.1, 0.15) is 5.75 Å². The molecule has 2 aliphatic rings. The van der Waals surface area contributed by atoms with Gasteiger partial charge in [0.05, 0.1) is 13.2 Å². The summed E-state index contributed by atoms with van der Waals surface area (Å²) in [7, 11) is 3.92. The maximum atomic E-state index is 11.9. The summed E-state index contributed by atoms with van der Waals surface area (Å²) in [5, 5.41) is 0. The SMILES string of the molecule is COc1ccccc1[C@@H]1CN(C(C)=O)CCN1C1CCN(C)CC1. The molecule has 2 aliphatic heterocycles. The number of rotatable bonds is 3. The maximum Gasteiger partial charge on any atom is 0.219 e. The van der Waals surface area contributed by atoms with Crippen LogP contribution in [0.15, 0.2) is 24.3 Å². The molecule has 1 atom stereocenters. The van der Waals surface area contributed by atoms with E-state index >= 15 is 0 Å². The van der Waals surface area contributed by atoms with Gasteiger partial charge >= 0.3 is 0 Å². The van der Waals surface area contributed by atoms with Gasteiger partial charge in [0.2, 0.25) is 5.91 Å². The zero-order valence-electron chi connectivity index (χ0n) is 15.1. The lowest BCUT2D eigenvalue weighted by atomic mass is 9.95. The van der Waals surface area contributed by atoms with Crippen molar-refractivity contribution in [3.05, 3.63) is 29.8 Å². The first-order chi connectivity index (χ1) is 11.6. The highest BCUT2D eigenvalue weighted by molar-refractivity contribution is 5.73. The summed E-state index contributed by atoms with van der Waals surface area (Å²) < 4.78 is 5.61. The Balaban J connectivity index is 1.87. The second-order valence-electron chi connectivity index (χ2n) is 7.00. The summed E-state index contributed by atoms with van der Waals surface area (Å²) in [5.74, 6) is 1.09. The molecule has 1 aromatic rings. The zero-order chi connectivity index (χ0) is 17.1. The second kappa shape index (κ2) is 7.53. The van der Waals surface area contributed by atoms with Crippen LogP contribution in [-0.2, 0) is 4.79 Å². The van der Waals surface area contributed by atoms with Gasteiger partial charge in [-0.05, 0) is 39.0 Å². The second-order valence-corrected chi connectivity index (χ2v) is 7.00. The molecule has 132 valence electrons. The number of benzene rings is 1. The van der Waals surface area contributed by atoms with Crippen molar-refractivity contribution in [2.24, 2.45) is 0 Å². The van der Waals surface area contributed by atoms with Crippen LogP contribution in [0.25, 0.3) is 0 Å². The quantitative estimate of drug-likeness (QED) is 0.849. The third-order valence-corrected chi connectivity index (χ3v) is 5.52. The highest BCUT2D eigenvalue weighted by atomic mass is 16.5. The molecule has 0 aromatic heterocycles. The number of methoxy groups -OCH3 is 1. The van der Waals surface area contributed by atoms with E-state index in [4.69, 9.17) is 4.74 Å². The molecule has 0 saturated carbocycles. The fourth-order valence-electron chi connectivity index (χ4n) is 4.07. The van der Waals surface area contributed by atoms with Gasteiger partial charge in [0.25, 0.3) is 0 Å². The number of piperazine rings is 1. The molecule has 24 heavy (non-hydrogen) atoms. The van der Waals surface area contributed by atoms with Crippen molar-refractivity contribution < 1.29 is 9.53 Å². The van der Waals surface area contributed by atoms with Gasteiger partial charge in [-0.1, -0.05) is 18.2 Å². The standard InChI is InChI=1S/C19H29N3O2/c1-15(23)21-12-13-22(16-8-10-20(2)11-9-16)18(14-21)17-6-4-5-7-19(17)24-3/h4-7,16,18H,8-14H2,1-3H3/t18-/m0/s1. The van der Waals surface area contributed by atoms with Crippen molar-refractivity contribution in [3.8, 4) is 5.75 Å². The maximum absolute atomic E-state index is 11.9. The minimum Gasteiger partial charge on any atom is -0.496 e. The van der Waals surface area contributed by atoms with Gasteiger partial charge in [-0.25, -0.2) is 0 Å². The van der Waals surface area contributed by atoms with Crippen LogP contribution < -0.4 is 4.74 Å². The van der Waals surface area contributed by atoms with E-state index in [1.54, 1.807) is 14.0 Å². The Bertz CT molecular complexity index is 569. The summed E-state index contributed by atoms with van der Waals surface area (Å²) in [5.41, 5.74) is 1.20. The van der Waals surface area contributed by atoms with E-state index in [0.717, 1.165) is 38.5 Å². The Morgan fingerprint density at radius 1 is 1.12 bits per heavy atom. The summed E-state index contributed by atoms with van der Waals surface area (Å²) in [6.07, 6.45) is 2.39. The molecule has 0 aliphatic carbocycles. The topological polar surface area (TPSA) is 36.0 Å². The van der Waals surface area contributed by atoms with Gasteiger partial charge in [-0.3, -0.25) is 9.69 Å². The van der Waals surface area contributed by atoms with Gasteiger partial charge < -0.3 is 14.5 Å². The van der Waals surface area contributed by atoms with Crippen molar-refractivity contribution >= 4 is 5.91 Å². The fourth-order valence-corrected chi connectivity index (χ4v) is 4.07. The van der Waals surface area contributed by atoms with Crippen molar-refractivity contribution in [2.45, 2.75) is 31.8 Å². The highest BCUT2D eigenvalue weighted by Gasteiger charge is 2.36. The van der Waals surface area contributed by atoms with Gasteiger partial charge in [-0.15, -0.1) is 0 Å². The first-order valence-corrected chi connectivity index (χ1v) is 8.93. The number of amides is 1. The van der Waals surface area contributed by atoms with Gasteiger partial charge in [0.15, 0.2) is 0 Å². The molecule has 3 rings (SSSR count). The Morgan fingerprint density at radius 3 is 2.50 bits per heavy atom. The minimum atomic E-state index is 0.165. The average molecular weight is 331 g/mol. The average Bonchev–Trinajstić information content (AvgIpc) is 2.62. The summed E-state index contributed by atoms with van der Waals surface area (Å²) in [6.45, 7) is 6.49. The number of hydrogen-bond acceptors (Lipinski definition) is 4. The van der Waals surface area contributed by atoms with Crippen LogP contribution in [0.4, 0.5) is 0 Å². The molecular weight excluding hydrogens is 302 g/mol.